The van der Waals surface area contributed by atoms with Gasteiger partial charge in [-0.15, -0.1) is 0 Å². The number of ether oxygens (including phenoxy) is 1. The van der Waals surface area contributed by atoms with Crippen molar-refractivity contribution in [1.29, 1.82) is 0 Å². The van der Waals surface area contributed by atoms with Crippen molar-refractivity contribution in [3.05, 3.63) is 23.4 Å². The molecular weight excluding hydrogens is 234 g/mol. The van der Waals surface area contributed by atoms with E-state index in [2.05, 4.69) is 17.2 Å². The molecule has 0 aliphatic carbocycles. The lowest BCUT2D eigenvalue weighted by molar-refractivity contribution is 0.184. The average Bonchev–Trinajstić information content (AvgIpc) is 2.28. The average molecular weight is 253 g/mol. The van der Waals surface area contributed by atoms with E-state index in [9.17, 15) is 0 Å². The topological polar surface area (TPSA) is 60.2 Å². The van der Waals surface area contributed by atoms with Crippen LogP contribution in [0.1, 0.15) is 24.5 Å². The van der Waals surface area contributed by atoms with Crippen LogP contribution in [0.5, 0.6) is 0 Å². The lowest BCUT2D eigenvalue weighted by atomic mass is 10.1. The molecule has 0 amide bonds. The van der Waals surface area contributed by atoms with Crippen molar-refractivity contribution in [1.82, 2.24) is 4.98 Å². The van der Waals surface area contributed by atoms with Crippen molar-refractivity contribution < 1.29 is 4.74 Å². The van der Waals surface area contributed by atoms with Crippen molar-refractivity contribution >= 4 is 23.0 Å². The summed E-state index contributed by atoms with van der Waals surface area (Å²) in [6, 6.07) is 2.11. The minimum absolute atomic E-state index is 0.211. The highest BCUT2D eigenvalue weighted by atomic mass is 32.1. The molecule has 0 radical (unpaired) electrons. The standard InChI is InChI=1S/C12H19N3OS/c1-4-9(7-16-3)15-12-10(11(13)17)8(2)5-6-14-12/h5-6,9H,4,7H2,1-3H3,(H2,13,17)(H,14,15). The molecule has 1 heterocycles. The molecule has 17 heavy (non-hydrogen) atoms. The Hall–Kier alpha value is -1.20. The van der Waals surface area contributed by atoms with Gasteiger partial charge < -0.3 is 15.8 Å². The molecule has 3 N–H and O–H groups in total. The summed E-state index contributed by atoms with van der Waals surface area (Å²) in [4.78, 5) is 4.66. The van der Waals surface area contributed by atoms with E-state index in [-0.39, 0.29) is 6.04 Å². The van der Waals surface area contributed by atoms with Gasteiger partial charge >= 0.3 is 0 Å². The maximum Gasteiger partial charge on any atom is 0.136 e. The first-order valence-corrected chi connectivity index (χ1v) is 6.01. The number of pyridine rings is 1. The molecule has 0 aliphatic rings. The van der Waals surface area contributed by atoms with Gasteiger partial charge in [-0.2, -0.15) is 0 Å². The van der Waals surface area contributed by atoms with Crippen molar-refractivity contribution in [2.45, 2.75) is 26.3 Å². The quantitative estimate of drug-likeness (QED) is 0.758. The van der Waals surface area contributed by atoms with Crippen LogP contribution in [0.15, 0.2) is 12.3 Å². The smallest absolute Gasteiger partial charge is 0.136 e. The van der Waals surface area contributed by atoms with Gasteiger partial charge in [-0.1, -0.05) is 19.1 Å². The number of hydrogen-bond acceptors (Lipinski definition) is 4. The number of nitrogens with zero attached hydrogens (tertiary/aromatic N) is 1. The van der Waals surface area contributed by atoms with Crippen LogP contribution >= 0.6 is 12.2 Å². The van der Waals surface area contributed by atoms with Gasteiger partial charge in [0.1, 0.15) is 10.8 Å². The maximum atomic E-state index is 5.73. The van der Waals surface area contributed by atoms with Gasteiger partial charge in [-0.3, -0.25) is 0 Å². The van der Waals surface area contributed by atoms with E-state index in [0.29, 0.717) is 11.6 Å². The normalized spacial score (nSPS) is 12.2. The van der Waals surface area contributed by atoms with Crippen LogP contribution < -0.4 is 11.1 Å². The number of rotatable bonds is 6. The summed E-state index contributed by atoms with van der Waals surface area (Å²) < 4.78 is 5.14. The van der Waals surface area contributed by atoms with Gasteiger partial charge in [-0.05, 0) is 25.0 Å². The number of hydrogen-bond donors (Lipinski definition) is 2. The second-order valence-corrected chi connectivity index (χ2v) is 4.36. The van der Waals surface area contributed by atoms with Crippen molar-refractivity contribution in [3.8, 4) is 0 Å². The van der Waals surface area contributed by atoms with Crippen LogP contribution in [0, 0.1) is 6.92 Å². The Morgan fingerprint density at radius 1 is 1.65 bits per heavy atom. The molecule has 0 aromatic carbocycles. The summed E-state index contributed by atoms with van der Waals surface area (Å²) in [5.41, 5.74) is 7.57. The third kappa shape index (κ3) is 3.64. The van der Waals surface area contributed by atoms with Gasteiger partial charge in [0.15, 0.2) is 0 Å². The fourth-order valence-corrected chi connectivity index (χ4v) is 1.89. The number of anilines is 1. The Morgan fingerprint density at radius 2 is 2.35 bits per heavy atom. The second kappa shape index (κ2) is 6.51. The summed E-state index contributed by atoms with van der Waals surface area (Å²) in [7, 11) is 1.68. The van der Waals surface area contributed by atoms with Crippen LogP contribution in [0.2, 0.25) is 0 Å². The summed E-state index contributed by atoms with van der Waals surface area (Å²) in [6.45, 7) is 4.69. The Morgan fingerprint density at radius 3 is 2.88 bits per heavy atom. The van der Waals surface area contributed by atoms with Crippen LogP contribution in [0.3, 0.4) is 0 Å². The van der Waals surface area contributed by atoms with E-state index in [4.69, 9.17) is 22.7 Å². The number of aromatic nitrogens is 1. The van der Waals surface area contributed by atoms with Crippen LogP contribution in [-0.2, 0) is 4.74 Å². The highest BCUT2D eigenvalue weighted by molar-refractivity contribution is 7.80. The minimum atomic E-state index is 0.211. The van der Waals surface area contributed by atoms with E-state index in [0.717, 1.165) is 23.4 Å². The second-order valence-electron chi connectivity index (χ2n) is 3.92. The van der Waals surface area contributed by atoms with Gasteiger partial charge in [0.05, 0.1) is 18.2 Å². The molecule has 0 aliphatic heterocycles. The molecule has 0 saturated carbocycles. The molecule has 0 spiro atoms. The van der Waals surface area contributed by atoms with Crippen molar-refractivity contribution in [2.24, 2.45) is 5.73 Å². The molecule has 5 heteroatoms. The monoisotopic (exact) mass is 253 g/mol. The number of aryl methyl sites for hydroxylation is 1. The Labute approximate surface area is 108 Å². The molecule has 1 aromatic rings. The van der Waals surface area contributed by atoms with Gasteiger partial charge in [-0.25, -0.2) is 4.98 Å². The fraction of sp³-hybridized carbons (Fsp3) is 0.500. The van der Waals surface area contributed by atoms with Gasteiger partial charge in [0.2, 0.25) is 0 Å². The third-order valence-corrected chi connectivity index (χ3v) is 2.81. The molecule has 4 nitrogen and oxygen atoms in total. The SMILES string of the molecule is CCC(COC)Nc1nccc(C)c1C(N)=S. The molecule has 94 valence electrons. The molecule has 0 saturated heterocycles. The highest BCUT2D eigenvalue weighted by Crippen LogP contribution is 2.18. The summed E-state index contributed by atoms with van der Waals surface area (Å²) in [5.74, 6) is 0.737. The zero-order valence-corrected chi connectivity index (χ0v) is 11.3. The number of nitrogens with one attached hydrogen (secondary N) is 1. The zero-order chi connectivity index (χ0) is 12.8. The Bertz CT molecular complexity index is 395. The van der Waals surface area contributed by atoms with E-state index < -0.39 is 0 Å². The molecular formula is C12H19N3OS. The third-order valence-electron chi connectivity index (χ3n) is 2.61. The van der Waals surface area contributed by atoms with Crippen LogP contribution in [0.4, 0.5) is 5.82 Å². The summed E-state index contributed by atoms with van der Waals surface area (Å²) >= 11 is 5.06. The van der Waals surface area contributed by atoms with Crippen LogP contribution in [-0.4, -0.2) is 29.7 Å². The molecule has 0 fully saturated rings. The predicted octanol–water partition coefficient (Wildman–Crippen LogP) is 1.86. The lowest BCUT2D eigenvalue weighted by Gasteiger charge is -2.19. The first kappa shape index (κ1) is 13.9. The molecule has 1 atom stereocenters. The Balaban J connectivity index is 2.97. The largest absolute Gasteiger partial charge is 0.389 e. The maximum absolute atomic E-state index is 5.73. The number of nitrogens with two attached hydrogens (primary N) is 1. The van der Waals surface area contributed by atoms with Gasteiger partial charge in [0, 0.05) is 13.3 Å². The minimum Gasteiger partial charge on any atom is -0.389 e. The lowest BCUT2D eigenvalue weighted by Crippen LogP contribution is -2.27. The first-order valence-electron chi connectivity index (χ1n) is 5.61. The fourth-order valence-electron chi connectivity index (χ4n) is 1.63. The zero-order valence-electron chi connectivity index (χ0n) is 10.5. The van der Waals surface area contributed by atoms with Crippen molar-refractivity contribution in [2.75, 3.05) is 19.0 Å². The highest BCUT2D eigenvalue weighted by Gasteiger charge is 2.13. The molecule has 1 rings (SSSR count). The number of methoxy groups -OCH3 is 1. The van der Waals surface area contributed by atoms with Crippen molar-refractivity contribution in [3.63, 3.8) is 0 Å². The molecule has 1 unspecified atom stereocenters. The van der Waals surface area contributed by atoms with E-state index in [1.165, 1.54) is 0 Å². The Kier molecular flexibility index (Phi) is 5.31. The first-order chi connectivity index (χ1) is 8.10. The van der Waals surface area contributed by atoms with E-state index in [1.54, 1.807) is 13.3 Å². The molecule has 0 bridgehead atoms. The predicted molar refractivity (Wildman–Crippen MR) is 74.4 cm³/mol. The molecule has 1 aromatic heterocycles. The summed E-state index contributed by atoms with van der Waals surface area (Å²) in [6.07, 6.45) is 2.69. The van der Waals surface area contributed by atoms with E-state index in [1.807, 2.05) is 13.0 Å². The number of thiocarbonyl (C=S) groups is 1. The van der Waals surface area contributed by atoms with Crippen LogP contribution in [0.25, 0.3) is 0 Å². The van der Waals surface area contributed by atoms with E-state index >= 15 is 0 Å². The van der Waals surface area contributed by atoms with Gasteiger partial charge in [0.25, 0.3) is 0 Å². The summed E-state index contributed by atoms with van der Waals surface area (Å²) in [5, 5.41) is 3.32.